The third kappa shape index (κ3) is 12.7. The van der Waals surface area contributed by atoms with Gasteiger partial charge in [-0.25, -0.2) is 0 Å². The zero-order valence-electron chi connectivity index (χ0n) is 18.1. The highest BCUT2D eigenvalue weighted by Gasteiger charge is 2.28. The van der Waals surface area contributed by atoms with E-state index in [9.17, 15) is 19.2 Å². The second-order valence-electron chi connectivity index (χ2n) is 7.54. The molecule has 0 aliphatic rings. The highest BCUT2D eigenvalue weighted by molar-refractivity contribution is 7.98. The number of aliphatic carboxylic acids is 1. The summed E-state index contributed by atoms with van der Waals surface area (Å²) >= 11 is 1.57. The van der Waals surface area contributed by atoms with Crippen molar-refractivity contribution in [3.8, 4) is 0 Å². The Balaban J connectivity index is 5.18. The van der Waals surface area contributed by atoms with Crippen molar-refractivity contribution in [2.45, 2.75) is 64.1 Å². The maximum Gasteiger partial charge on any atom is 0.322 e. The van der Waals surface area contributed by atoms with Crippen molar-refractivity contribution in [1.29, 1.82) is 0 Å². The Bertz CT molecular complexity index is 561. The predicted molar refractivity (Wildman–Crippen MR) is 118 cm³/mol. The Morgan fingerprint density at radius 1 is 0.967 bits per heavy atom. The quantitative estimate of drug-likeness (QED) is 0.170. The van der Waals surface area contributed by atoms with Gasteiger partial charge in [0.25, 0.3) is 0 Å². The summed E-state index contributed by atoms with van der Waals surface area (Å²) < 4.78 is 0. The van der Waals surface area contributed by atoms with E-state index in [1.165, 1.54) is 0 Å². The zero-order chi connectivity index (χ0) is 23.1. The fourth-order valence-corrected chi connectivity index (χ4v) is 3.17. The molecule has 0 fully saturated rings. The first-order valence-corrected chi connectivity index (χ1v) is 11.6. The van der Waals surface area contributed by atoms with Crippen LogP contribution in [0.5, 0.6) is 0 Å². The van der Waals surface area contributed by atoms with Crippen molar-refractivity contribution in [2.24, 2.45) is 17.4 Å². The van der Waals surface area contributed by atoms with E-state index in [2.05, 4.69) is 16.0 Å². The molecular weight excluding hydrogens is 410 g/mol. The molecule has 8 N–H and O–H groups in total. The SMILES string of the molecule is CSCCC(N)C(=O)NC(CCCCN)C(=O)NC(CC(C)C)C(=O)NCC(=O)O. The maximum atomic E-state index is 12.8. The number of nitrogens with one attached hydrogen (secondary N) is 3. The molecule has 174 valence electrons. The summed E-state index contributed by atoms with van der Waals surface area (Å²) in [5, 5.41) is 16.4. The van der Waals surface area contributed by atoms with Gasteiger partial charge in [0.2, 0.25) is 17.7 Å². The minimum atomic E-state index is -1.18. The van der Waals surface area contributed by atoms with Crippen LogP contribution in [0, 0.1) is 5.92 Å². The molecule has 0 aromatic carbocycles. The number of amides is 3. The molecule has 3 amide bonds. The van der Waals surface area contributed by atoms with Gasteiger partial charge in [-0.05, 0) is 56.6 Å². The van der Waals surface area contributed by atoms with E-state index in [-0.39, 0.29) is 5.92 Å². The molecule has 10 nitrogen and oxygen atoms in total. The smallest absolute Gasteiger partial charge is 0.322 e. The Morgan fingerprint density at radius 2 is 1.60 bits per heavy atom. The number of carbonyl (C=O) groups excluding carboxylic acids is 3. The van der Waals surface area contributed by atoms with E-state index in [0.29, 0.717) is 38.6 Å². The molecule has 30 heavy (non-hydrogen) atoms. The third-order valence-electron chi connectivity index (χ3n) is 4.30. The first-order chi connectivity index (χ1) is 14.1. The predicted octanol–water partition coefficient (Wildman–Crippen LogP) is -0.588. The first-order valence-electron chi connectivity index (χ1n) is 10.2. The summed E-state index contributed by atoms with van der Waals surface area (Å²) in [5.41, 5.74) is 11.4. The largest absolute Gasteiger partial charge is 0.480 e. The fraction of sp³-hybridized carbons (Fsp3) is 0.789. The number of nitrogens with two attached hydrogens (primary N) is 2. The van der Waals surface area contributed by atoms with Crippen LogP contribution in [0.2, 0.25) is 0 Å². The molecule has 0 aromatic heterocycles. The van der Waals surface area contributed by atoms with E-state index < -0.39 is 48.4 Å². The van der Waals surface area contributed by atoms with E-state index in [1.807, 2.05) is 20.1 Å². The van der Waals surface area contributed by atoms with Gasteiger partial charge in [-0.15, -0.1) is 0 Å². The molecule has 0 spiro atoms. The van der Waals surface area contributed by atoms with Gasteiger partial charge in [0.1, 0.15) is 18.6 Å². The third-order valence-corrected chi connectivity index (χ3v) is 4.95. The molecule has 0 saturated heterocycles. The molecule has 11 heteroatoms. The molecule has 0 radical (unpaired) electrons. The lowest BCUT2D eigenvalue weighted by Crippen LogP contribution is -2.56. The highest BCUT2D eigenvalue weighted by Crippen LogP contribution is 2.08. The number of unbranched alkanes of at least 4 members (excludes halogenated alkanes) is 1. The average Bonchev–Trinajstić information content (AvgIpc) is 2.68. The topological polar surface area (TPSA) is 177 Å². The summed E-state index contributed by atoms with van der Waals surface area (Å²) in [7, 11) is 0. The van der Waals surface area contributed by atoms with Crippen molar-refractivity contribution < 1.29 is 24.3 Å². The normalized spacial score (nSPS) is 13.9. The number of carboxylic acid groups (broad SMARTS) is 1. The van der Waals surface area contributed by atoms with Gasteiger partial charge in [-0.2, -0.15) is 11.8 Å². The summed E-state index contributed by atoms with van der Waals surface area (Å²) in [6.07, 6.45) is 4.39. The highest BCUT2D eigenvalue weighted by atomic mass is 32.2. The molecule has 0 aliphatic heterocycles. The number of carbonyl (C=O) groups is 4. The van der Waals surface area contributed by atoms with Crippen LogP contribution in [0.15, 0.2) is 0 Å². The van der Waals surface area contributed by atoms with Crippen LogP contribution in [-0.4, -0.2) is 72.0 Å². The van der Waals surface area contributed by atoms with Crippen molar-refractivity contribution in [2.75, 3.05) is 25.1 Å². The molecule has 0 aliphatic carbocycles. The monoisotopic (exact) mass is 447 g/mol. The second kappa shape index (κ2) is 15.9. The molecule has 0 saturated carbocycles. The van der Waals surface area contributed by atoms with Gasteiger partial charge >= 0.3 is 5.97 Å². The fourth-order valence-electron chi connectivity index (χ4n) is 2.68. The number of thioether (sulfide) groups is 1. The summed E-state index contributed by atoms with van der Waals surface area (Å²) in [4.78, 5) is 48.3. The Kier molecular flexibility index (Phi) is 14.9. The Hall–Kier alpha value is -1.85. The average molecular weight is 448 g/mol. The van der Waals surface area contributed by atoms with Gasteiger partial charge in [0.15, 0.2) is 0 Å². The summed E-state index contributed by atoms with van der Waals surface area (Å²) in [6.45, 7) is 3.69. The zero-order valence-corrected chi connectivity index (χ0v) is 18.9. The Morgan fingerprint density at radius 3 is 2.13 bits per heavy atom. The van der Waals surface area contributed by atoms with Crippen molar-refractivity contribution in [1.82, 2.24) is 16.0 Å². The minimum Gasteiger partial charge on any atom is -0.480 e. The van der Waals surface area contributed by atoms with Crippen molar-refractivity contribution in [3.05, 3.63) is 0 Å². The summed E-state index contributed by atoms with van der Waals surface area (Å²) in [6, 6.07) is -2.49. The van der Waals surface area contributed by atoms with Crippen LogP contribution in [0.4, 0.5) is 0 Å². The van der Waals surface area contributed by atoms with Crippen LogP contribution in [0.1, 0.15) is 46.0 Å². The lowest BCUT2D eigenvalue weighted by molar-refractivity contribution is -0.138. The Labute approximate surface area is 182 Å². The molecule has 0 aromatic rings. The van der Waals surface area contributed by atoms with E-state index >= 15 is 0 Å². The van der Waals surface area contributed by atoms with Crippen LogP contribution in [0.3, 0.4) is 0 Å². The summed E-state index contributed by atoms with van der Waals surface area (Å²) in [5.74, 6) is -1.89. The second-order valence-corrected chi connectivity index (χ2v) is 8.52. The molecule has 3 atom stereocenters. The molecule has 0 rings (SSSR count). The van der Waals surface area contributed by atoms with E-state index in [4.69, 9.17) is 16.6 Å². The van der Waals surface area contributed by atoms with Gasteiger partial charge in [-0.1, -0.05) is 13.8 Å². The van der Waals surface area contributed by atoms with Gasteiger partial charge in [-0.3, -0.25) is 19.2 Å². The lowest BCUT2D eigenvalue weighted by atomic mass is 10.0. The molecule has 0 heterocycles. The number of carboxylic acids is 1. The number of hydrogen-bond donors (Lipinski definition) is 6. The molecule has 3 unspecified atom stereocenters. The van der Waals surface area contributed by atoms with Crippen LogP contribution in [-0.2, 0) is 19.2 Å². The van der Waals surface area contributed by atoms with Crippen LogP contribution < -0.4 is 27.4 Å². The molecule has 0 bridgehead atoms. The number of rotatable bonds is 16. The lowest BCUT2D eigenvalue weighted by Gasteiger charge is -2.25. The van der Waals surface area contributed by atoms with Gasteiger partial charge < -0.3 is 32.5 Å². The maximum absolute atomic E-state index is 12.8. The number of hydrogen-bond acceptors (Lipinski definition) is 7. The van der Waals surface area contributed by atoms with Crippen LogP contribution in [0.25, 0.3) is 0 Å². The standard InChI is InChI=1S/C19H37N5O5S/c1-12(2)10-15(18(28)22-11-16(25)26)24-19(29)14(6-4-5-8-20)23-17(27)13(21)7-9-30-3/h12-15H,4-11,20-21H2,1-3H3,(H,22,28)(H,23,27)(H,24,29)(H,25,26). The first kappa shape index (κ1) is 28.1. The van der Waals surface area contributed by atoms with Gasteiger partial charge in [0, 0.05) is 0 Å². The van der Waals surface area contributed by atoms with Gasteiger partial charge in [0.05, 0.1) is 6.04 Å². The molecular formula is C19H37N5O5S. The minimum absolute atomic E-state index is 0.0797. The van der Waals surface area contributed by atoms with Crippen molar-refractivity contribution in [3.63, 3.8) is 0 Å². The van der Waals surface area contributed by atoms with E-state index in [0.717, 1.165) is 5.75 Å². The van der Waals surface area contributed by atoms with Crippen molar-refractivity contribution >= 4 is 35.5 Å². The van der Waals surface area contributed by atoms with Crippen LogP contribution >= 0.6 is 11.8 Å². The van der Waals surface area contributed by atoms with E-state index in [1.54, 1.807) is 11.8 Å².